The van der Waals surface area contributed by atoms with Crippen LogP contribution >= 0.6 is 24.0 Å². The van der Waals surface area contributed by atoms with Crippen LogP contribution in [0.1, 0.15) is 25.0 Å². The van der Waals surface area contributed by atoms with Crippen LogP contribution < -0.4 is 20.1 Å². The number of benzene rings is 2. The van der Waals surface area contributed by atoms with Gasteiger partial charge in [-0.2, -0.15) is 0 Å². The van der Waals surface area contributed by atoms with Crippen molar-refractivity contribution >= 4 is 35.8 Å². The number of methoxy groups -OCH3 is 2. The molecular formula is C23H33IN4O3. The second-order valence-electron chi connectivity index (χ2n) is 6.62. The fourth-order valence-corrected chi connectivity index (χ4v) is 2.94. The highest BCUT2D eigenvalue weighted by atomic mass is 127. The van der Waals surface area contributed by atoms with E-state index in [0.717, 1.165) is 16.9 Å². The number of ether oxygens (including phenoxy) is 2. The molecule has 2 N–H and O–H groups in total. The van der Waals surface area contributed by atoms with Gasteiger partial charge in [0.05, 0.1) is 27.3 Å². The Balaban J connectivity index is 0.00000480. The topological polar surface area (TPSA) is 75.2 Å². The lowest BCUT2D eigenvalue weighted by Crippen LogP contribution is -2.44. The molecule has 0 aliphatic carbocycles. The molecule has 170 valence electrons. The minimum Gasteiger partial charge on any atom is -0.497 e. The summed E-state index contributed by atoms with van der Waals surface area (Å²) in [5, 5.41) is 6.31. The van der Waals surface area contributed by atoms with Crippen LogP contribution in [-0.4, -0.2) is 50.6 Å². The number of carbonyl (C=O) groups excluding carboxylic acids is 1. The quantitative estimate of drug-likeness (QED) is 0.275. The zero-order chi connectivity index (χ0) is 21.8. The normalized spacial score (nSPS) is 10.6. The lowest BCUT2D eigenvalue weighted by atomic mass is 10.2. The average molecular weight is 540 g/mol. The molecule has 7 nitrogen and oxygen atoms in total. The van der Waals surface area contributed by atoms with Gasteiger partial charge in [-0.1, -0.05) is 30.3 Å². The Morgan fingerprint density at radius 3 is 2.39 bits per heavy atom. The number of amides is 1. The van der Waals surface area contributed by atoms with Gasteiger partial charge in [-0.25, -0.2) is 4.99 Å². The van der Waals surface area contributed by atoms with E-state index in [1.54, 1.807) is 14.2 Å². The van der Waals surface area contributed by atoms with E-state index in [4.69, 9.17) is 9.47 Å². The van der Waals surface area contributed by atoms with Crippen molar-refractivity contribution in [3.05, 3.63) is 59.7 Å². The molecule has 1 amide bonds. The van der Waals surface area contributed by atoms with E-state index in [2.05, 4.69) is 15.6 Å². The molecular weight excluding hydrogens is 507 g/mol. The van der Waals surface area contributed by atoms with E-state index in [9.17, 15) is 4.79 Å². The molecule has 2 rings (SSSR count). The highest BCUT2D eigenvalue weighted by Gasteiger charge is 2.13. The lowest BCUT2D eigenvalue weighted by Gasteiger charge is -2.22. The maximum Gasteiger partial charge on any atom is 0.242 e. The van der Waals surface area contributed by atoms with Crippen molar-refractivity contribution < 1.29 is 14.3 Å². The Morgan fingerprint density at radius 1 is 1.03 bits per heavy atom. The zero-order valence-electron chi connectivity index (χ0n) is 18.7. The van der Waals surface area contributed by atoms with E-state index in [-0.39, 0.29) is 36.4 Å². The summed E-state index contributed by atoms with van der Waals surface area (Å²) in [5.74, 6) is 2.05. The smallest absolute Gasteiger partial charge is 0.242 e. The van der Waals surface area contributed by atoms with Gasteiger partial charge < -0.3 is 25.0 Å². The van der Waals surface area contributed by atoms with E-state index >= 15 is 0 Å². The molecule has 0 atom stereocenters. The van der Waals surface area contributed by atoms with Crippen molar-refractivity contribution in [1.29, 1.82) is 0 Å². The third-order valence-electron chi connectivity index (χ3n) is 4.60. The van der Waals surface area contributed by atoms with Crippen molar-refractivity contribution in [2.45, 2.75) is 26.9 Å². The second kappa shape index (κ2) is 14.5. The van der Waals surface area contributed by atoms with Gasteiger partial charge >= 0.3 is 0 Å². The average Bonchev–Trinajstić information content (AvgIpc) is 2.79. The van der Waals surface area contributed by atoms with Crippen LogP contribution in [0.3, 0.4) is 0 Å². The first-order valence-electron chi connectivity index (χ1n) is 10.2. The van der Waals surface area contributed by atoms with Gasteiger partial charge in [-0.3, -0.25) is 4.79 Å². The molecule has 0 spiro atoms. The van der Waals surface area contributed by atoms with Gasteiger partial charge in [0.25, 0.3) is 0 Å². The third kappa shape index (κ3) is 8.64. The van der Waals surface area contributed by atoms with Crippen LogP contribution in [0.15, 0.2) is 53.5 Å². The van der Waals surface area contributed by atoms with E-state index in [1.807, 2.05) is 67.3 Å². The minimum atomic E-state index is 0. The maximum absolute atomic E-state index is 12.7. The first-order chi connectivity index (χ1) is 14.6. The lowest BCUT2D eigenvalue weighted by molar-refractivity contribution is -0.130. The van der Waals surface area contributed by atoms with Crippen molar-refractivity contribution in [3.63, 3.8) is 0 Å². The first kappa shape index (κ1) is 26.5. The van der Waals surface area contributed by atoms with Crippen molar-refractivity contribution in [2.24, 2.45) is 4.99 Å². The third-order valence-corrected chi connectivity index (χ3v) is 4.60. The zero-order valence-corrected chi connectivity index (χ0v) is 21.0. The van der Waals surface area contributed by atoms with Crippen LogP contribution in [0.4, 0.5) is 0 Å². The Hall–Kier alpha value is -2.49. The summed E-state index contributed by atoms with van der Waals surface area (Å²) in [5.41, 5.74) is 2.04. The fraction of sp³-hybridized carbons (Fsp3) is 0.391. The predicted molar refractivity (Wildman–Crippen MR) is 135 cm³/mol. The van der Waals surface area contributed by atoms with Gasteiger partial charge in [0, 0.05) is 31.3 Å². The highest BCUT2D eigenvalue weighted by molar-refractivity contribution is 14.0. The minimum absolute atomic E-state index is 0. The number of aliphatic imine (C=N–C) groups is 1. The van der Waals surface area contributed by atoms with Crippen molar-refractivity contribution in [3.8, 4) is 11.5 Å². The summed E-state index contributed by atoms with van der Waals surface area (Å²) in [6, 6.07) is 15.6. The number of hydrogen-bond donors (Lipinski definition) is 2. The molecule has 0 heterocycles. The van der Waals surface area contributed by atoms with E-state index in [0.29, 0.717) is 37.9 Å². The molecule has 0 aliphatic heterocycles. The van der Waals surface area contributed by atoms with Crippen LogP contribution in [0.5, 0.6) is 11.5 Å². The second-order valence-corrected chi connectivity index (χ2v) is 6.62. The van der Waals surface area contributed by atoms with Crippen molar-refractivity contribution in [1.82, 2.24) is 15.5 Å². The van der Waals surface area contributed by atoms with Gasteiger partial charge in [-0.05, 0) is 31.5 Å². The van der Waals surface area contributed by atoms with Gasteiger partial charge in [0.1, 0.15) is 11.5 Å². The summed E-state index contributed by atoms with van der Waals surface area (Å²) >= 11 is 0. The summed E-state index contributed by atoms with van der Waals surface area (Å²) in [4.78, 5) is 19.1. The molecule has 0 bridgehead atoms. The summed E-state index contributed by atoms with van der Waals surface area (Å²) in [6.07, 6.45) is 0. The number of likely N-dealkylation sites (N-methyl/N-ethyl adjacent to an activating group) is 1. The van der Waals surface area contributed by atoms with Crippen LogP contribution in [0, 0.1) is 0 Å². The number of carbonyl (C=O) groups is 1. The number of rotatable bonds is 10. The Labute approximate surface area is 202 Å². The molecule has 31 heavy (non-hydrogen) atoms. The van der Waals surface area contributed by atoms with Gasteiger partial charge in [0.15, 0.2) is 5.96 Å². The summed E-state index contributed by atoms with van der Waals surface area (Å²) in [6.45, 7) is 6.49. The molecule has 0 saturated heterocycles. The largest absolute Gasteiger partial charge is 0.497 e. The first-order valence-corrected chi connectivity index (χ1v) is 10.2. The number of nitrogens with one attached hydrogen (secondary N) is 2. The van der Waals surface area contributed by atoms with Gasteiger partial charge in [0.2, 0.25) is 5.91 Å². The van der Waals surface area contributed by atoms with Crippen LogP contribution in [0.25, 0.3) is 0 Å². The molecule has 0 aliphatic rings. The molecule has 0 aromatic heterocycles. The van der Waals surface area contributed by atoms with E-state index in [1.165, 1.54) is 0 Å². The van der Waals surface area contributed by atoms with Crippen LogP contribution in [-0.2, 0) is 17.9 Å². The summed E-state index contributed by atoms with van der Waals surface area (Å²) in [7, 11) is 3.24. The molecule has 0 saturated carbocycles. The Kier molecular flexibility index (Phi) is 12.4. The Bertz CT molecular complexity index is 831. The fourth-order valence-electron chi connectivity index (χ4n) is 2.94. The highest BCUT2D eigenvalue weighted by Crippen LogP contribution is 2.25. The van der Waals surface area contributed by atoms with Crippen LogP contribution in [0.2, 0.25) is 0 Å². The van der Waals surface area contributed by atoms with Crippen molar-refractivity contribution in [2.75, 3.05) is 33.9 Å². The van der Waals surface area contributed by atoms with E-state index < -0.39 is 0 Å². The standard InChI is InChI=1S/C23H32N4O3.HI/c1-5-24-23(25-15-19-12-13-20(29-3)14-21(19)30-4)26-16-22(28)27(6-2)17-18-10-8-7-9-11-18;/h7-14H,5-6,15-17H2,1-4H3,(H2,24,25,26);1H. The number of nitrogens with zero attached hydrogens (tertiary/aromatic N) is 2. The maximum atomic E-state index is 12.7. The predicted octanol–water partition coefficient (Wildman–Crippen LogP) is 3.43. The monoisotopic (exact) mass is 540 g/mol. The molecule has 8 heteroatoms. The van der Waals surface area contributed by atoms with Gasteiger partial charge in [-0.15, -0.1) is 24.0 Å². The molecule has 2 aromatic rings. The number of halogens is 1. The number of hydrogen-bond acceptors (Lipinski definition) is 4. The Morgan fingerprint density at radius 2 is 1.77 bits per heavy atom. The SMILES string of the molecule is CCNC(=NCc1ccc(OC)cc1OC)NCC(=O)N(CC)Cc1ccccc1.I. The molecule has 0 fully saturated rings. The number of guanidine groups is 1. The summed E-state index contributed by atoms with van der Waals surface area (Å²) < 4.78 is 10.7. The molecule has 2 aromatic carbocycles. The molecule has 0 unspecified atom stereocenters. The molecule has 0 radical (unpaired) electrons.